The van der Waals surface area contributed by atoms with Crippen molar-refractivity contribution in [2.24, 2.45) is 23.7 Å². The fourth-order valence-corrected chi connectivity index (χ4v) is 3.13. The van der Waals surface area contributed by atoms with Gasteiger partial charge in [0.2, 0.25) is 0 Å². The molecule has 0 amide bonds. The van der Waals surface area contributed by atoms with E-state index >= 15 is 0 Å². The summed E-state index contributed by atoms with van der Waals surface area (Å²) >= 11 is 0. The molecule has 0 heterocycles. The van der Waals surface area contributed by atoms with Crippen molar-refractivity contribution >= 4 is 0 Å². The van der Waals surface area contributed by atoms with Gasteiger partial charge in [0, 0.05) is 6.92 Å². The summed E-state index contributed by atoms with van der Waals surface area (Å²) in [5, 5.41) is 7.32. The van der Waals surface area contributed by atoms with Gasteiger partial charge in [-0.1, -0.05) is 122 Å². The fourth-order valence-electron chi connectivity index (χ4n) is 3.13. The minimum absolute atomic E-state index is 0.878. The number of allylic oxidation sites excluding steroid dienone is 1. The minimum atomic E-state index is 0.878. The molecular formula is C28H63N. The van der Waals surface area contributed by atoms with Crippen LogP contribution in [0.1, 0.15) is 142 Å². The fraction of sp³-hybridized carbons (Fsp3) is 0.893. The number of hydrogen-bond acceptors (Lipinski definition) is 1. The molecular weight excluding hydrogens is 350 g/mol. The van der Waals surface area contributed by atoms with Gasteiger partial charge in [-0.2, -0.15) is 5.26 Å². The lowest BCUT2D eigenvalue weighted by Crippen LogP contribution is -2.09. The Morgan fingerprint density at radius 2 is 1.21 bits per heavy atom. The van der Waals surface area contributed by atoms with Crippen molar-refractivity contribution in [1.29, 1.82) is 5.26 Å². The molecule has 0 rings (SSSR count). The van der Waals surface area contributed by atoms with Crippen LogP contribution in [0.15, 0.2) is 12.7 Å². The van der Waals surface area contributed by atoms with Crippen LogP contribution in [-0.4, -0.2) is 0 Å². The van der Waals surface area contributed by atoms with Gasteiger partial charge < -0.3 is 0 Å². The van der Waals surface area contributed by atoms with E-state index in [0.29, 0.717) is 0 Å². The van der Waals surface area contributed by atoms with Gasteiger partial charge >= 0.3 is 0 Å². The van der Waals surface area contributed by atoms with E-state index in [9.17, 15) is 0 Å². The number of hydrogen-bond donors (Lipinski definition) is 0. The van der Waals surface area contributed by atoms with E-state index in [1.807, 2.05) is 47.6 Å². The van der Waals surface area contributed by atoms with Gasteiger partial charge in [-0.05, 0) is 42.9 Å². The van der Waals surface area contributed by atoms with Crippen LogP contribution in [0.5, 0.6) is 0 Å². The van der Waals surface area contributed by atoms with Gasteiger partial charge in [-0.15, -0.1) is 6.58 Å². The molecule has 2 atom stereocenters. The van der Waals surface area contributed by atoms with Crippen molar-refractivity contribution in [1.82, 2.24) is 0 Å². The van der Waals surface area contributed by atoms with Crippen molar-refractivity contribution in [3.05, 3.63) is 12.7 Å². The molecule has 0 aromatic rings. The summed E-state index contributed by atoms with van der Waals surface area (Å²) in [7, 11) is 0. The van der Waals surface area contributed by atoms with E-state index in [2.05, 4.69) is 55.0 Å². The average molecular weight is 414 g/mol. The topological polar surface area (TPSA) is 23.8 Å². The molecule has 0 radical (unpaired) electrons. The van der Waals surface area contributed by atoms with Crippen molar-refractivity contribution in [2.75, 3.05) is 0 Å². The Bertz CT molecular complexity index is 258. The molecule has 180 valence electrons. The lowest BCUT2D eigenvalue weighted by molar-refractivity contribution is 0.321. The highest BCUT2D eigenvalue weighted by Gasteiger charge is 2.11. The molecule has 29 heavy (non-hydrogen) atoms. The van der Waals surface area contributed by atoms with Crippen LogP contribution in [-0.2, 0) is 0 Å². The monoisotopic (exact) mass is 413 g/mol. The normalized spacial score (nSPS) is 10.4. The molecule has 0 fully saturated rings. The highest BCUT2D eigenvalue weighted by atomic mass is 14.2. The first-order valence-electron chi connectivity index (χ1n) is 12.8. The molecule has 1 heteroatoms. The molecule has 0 N–H and O–H groups in total. The van der Waals surface area contributed by atoms with Gasteiger partial charge in [0.25, 0.3) is 0 Å². The second kappa shape index (κ2) is 45.8. The van der Waals surface area contributed by atoms with Crippen LogP contribution >= 0.6 is 0 Å². The van der Waals surface area contributed by atoms with Crippen LogP contribution in [0.2, 0.25) is 0 Å². The van der Waals surface area contributed by atoms with E-state index in [1.165, 1.54) is 51.9 Å². The first-order chi connectivity index (χ1) is 13.8. The van der Waals surface area contributed by atoms with Crippen LogP contribution in [0.4, 0.5) is 0 Å². The summed E-state index contributed by atoms with van der Waals surface area (Å²) in [4.78, 5) is 0. The predicted molar refractivity (Wildman–Crippen MR) is 142 cm³/mol. The van der Waals surface area contributed by atoms with Crippen molar-refractivity contribution in [2.45, 2.75) is 142 Å². The van der Waals surface area contributed by atoms with Crippen LogP contribution in [0.3, 0.4) is 0 Å². The summed E-state index contributed by atoms with van der Waals surface area (Å²) in [6.07, 6.45) is 11.3. The Balaban J connectivity index is -0.0000000658. The van der Waals surface area contributed by atoms with E-state index in [-0.39, 0.29) is 0 Å². The molecule has 0 spiro atoms. The lowest BCUT2D eigenvalue weighted by atomic mass is 9.86. The molecule has 0 bridgehead atoms. The zero-order chi connectivity index (χ0) is 24.7. The summed E-state index contributed by atoms with van der Waals surface area (Å²) in [6.45, 7) is 33.3. The maximum Gasteiger partial charge on any atom is 0.0587 e. The lowest BCUT2D eigenvalue weighted by Gasteiger charge is -2.20. The Labute approximate surface area is 189 Å². The third kappa shape index (κ3) is 52.2. The molecule has 2 unspecified atom stereocenters. The Morgan fingerprint density at radius 1 is 0.828 bits per heavy atom. The van der Waals surface area contributed by atoms with Crippen LogP contribution < -0.4 is 0 Å². The van der Waals surface area contributed by atoms with E-state index in [1.54, 1.807) is 6.07 Å². The van der Waals surface area contributed by atoms with Crippen molar-refractivity contribution in [3.63, 3.8) is 0 Å². The zero-order valence-corrected chi connectivity index (χ0v) is 23.5. The maximum atomic E-state index is 7.32. The van der Waals surface area contributed by atoms with E-state index in [4.69, 9.17) is 5.26 Å². The number of nitrogens with zero attached hydrogens (tertiary/aromatic N) is 1. The molecule has 0 aliphatic rings. The predicted octanol–water partition coefficient (Wildman–Crippen LogP) is 11.1. The standard InChI is InChI=1S/C11H22.C9H20.C2H3N.3C2H6/c1-5-8-9-10(4)11(6-2)7-3;1-5-6-9(4)7-8(2)3;1-2-3;3*1-2/h5,10-11H,1,6-9H2,2-4H3;8-9H,5-7H2,1-4H3;1H3;3*1-2H3. The third-order valence-corrected chi connectivity index (χ3v) is 4.33. The molecule has 0 aliphatic carbocycles. The molecule has 0 saturated carbocycles. The van der Waals surface area contributed by atoms with Gasteiger partial charge in [0.1, 0.15) is 0 Å². The van der Waals surface area contributed by atoms with Gasteiger partial charge in [-0.25, -0.2) is 0 Å². The molecule has 1 nitrogen and oxygen atoms in total. The second-order valence-corrected chi connectivity index (χ2v) is 7.17. The number of rotatable bonds is 10. The summed E-state index contributed by atoms with van der Waals surface area (Å²) < 4.78 is 0. The van der Waals surface area contributed by atoms with Crippen LogP contribution in [0.25, 0.3) is 0 Å². The van der Waals surface area contributed by atoms with Crippen molar-refractivity contribution < 1.29 is 0 Å². The first kappa shape index (κ1) is 42.4. The van der Waals surface area contributed by atoms with Gasteiger partial charge in [-0.3, -0.25) is 0 Å². The highest BCUT2D eigenvalue weighted by Crippen LogP contribution is 2.23. The second-order valence-electron chi connectivity index (χ2n) is 7.17. The first-order valence-corrected chi connectivity index (χ1v) is 12.8. The number of nitriles is 1. The quantitative estimate of drug-likeness (QED) is 0.326. The maximum absolute atomic E-state index is 7.32. The Hall–Kier alpha value is -0.770. The summed E-state index contributed by atoms with van der Waals surface area (Å²) in [5.41, 5.74) is 0. The van der Waals surface area contributed by atoms with E-state index < -0.39 is 0 Å². The molecule has 0 saturated heterocycles. The smallest absolute Gasteiger partial charge is 0.0587 e. The SMILES string of the molecule is C=CCCC(C)C(CC)CC.CC.CC.CC.CC#N.CCCC(C)CC(C)C. The zero-order valence-electron chi connectivity index (χ0n) is 23.5. The Morgan fingerprint density at radius 3 is 1.45 bits per heavy atom. The largest absolute Gasteiger partial charge is 0.199 e. The van der Waals surface area contributed by atoms with Gasteiger partial charge in [0.05, 0.1) is 6.07 Å². The van der Waals surface area contributed by atoms with Crippen LogP contribution in [0, 0.1) is 35.0 Å². The molecule has 0 aliphatic heterocycles. The van der Waals surface area contributed by atoms with Crippen molar-refractivity contribution in [3.8, 4) is 6.07 Å². The minimum Gasteiger partial charge on any atom is -0.199 e. The average Bonchev–Trinajstić information content (AvgIpc) is 2.72. The third-order valence-electron chi connectivity index (χ3n) is 4.33. The molecule has 0 aromatic heterocycles. The summed E-state index contributed by atoms with van der Waals surface area (Å²) in [6, 6.07) is 1.75. The van der Waals surface area contributed by atoms with E-state index in [0.717, 1.165) is 23.7 Å². The highest BCUT2D eigenvalue weighted by molar-refractivity contribution is 4.71. The Kier molecular flexibility index (Phi) is 66.9. The summed E-state index contributed by atoms with van der Waals surface area (Å²) in [5.74, 6) is 3.62. The van der Waals surface area contributed by atoms with Gasteiger partial charge in [0.15, 0.2) is 0 Å². The molecule has 0 aromatic carbocycles.